The number of rotatable bonds is 3. The van der Waals surface area contributed by atoms with Crippen molar-refractivity contribution in [3.05, 3.63) is 0 Å². The standard InChI is InChI=1S/C17H30N4OS/c1-14-5-4-7-21(14)15(22)6-8-19-9-11-20(12-10-19)16-18-13-17(2,3)23-16/h14H,4-13H2,1-3H3/t14-/m1/s1. The van der Waals surface area contributed by atoms with Crippen LogP contribution in [0.1, 0.15) is 40.0 Å². The Morgan fingerprint density at radius 1 is 1.26 bits per heavy atom. The van der Waals surface area contributed by atoms with E-state index in [-0.39, 0.29) is 4.75 Å². The number of piperazine rings is 1. The number of nitrogens with zero attached hydrogens (tertiary/aromatic N) is 4. The summed E-state index contributed by atoms with van der Waals surface area (Å²) in [7, 11) is 0. The van der Waals surface area contributed by atoms with E-state index in [1.54, 1.807) is 0 Å². The first-order valence-corrected chi connectivity index (χ1v) is 9.76. The van der Waals surface area contributed by atoms with Crippen molar-refractivity contribution in [2.45, 2.75) is 50.8 Å². The maximum Gasteiger partial charge on any atom is 0.224 e. The van der Waals surface area contributed by atoms with Gasteiger partial charge in [-0.15, -0.1) is 0 Å². The lowest BCUT2D eigenvalue weighted by atomic mass is 10.2. The lowest BCUT2D eigenvalue weighted by molar-refractivity contribution is -0.132. The molecule has 3 aliphatic heterocycles. The second-order valence-electron chi connectivity index (χ2n) is 7.62. The molecule has 2 fully saturated rings. The minimum atomic E-state index is 0.255. The number of aliphatic imine (C=N–C) groups is 1. The zero-order chi connectivity index (χ0) is 16.4. The van der Waals surface area contributed by atoms with Gasteiger partial charge in [0.05, 0.1) is 6.54 Å². The van der Waals surface area contributed by atoms with Crippen LogP contribution < -0.4 is 0 Å². The molecule has 1 amide bonds. The Bertz CT molecular complexity index is 471. The fraction of sp³-hybridized carbons (Fsp3) is 0.882. The number of hydrogen-bond acceptors (Lipinski definition) is 5. The van der Waals surface area contributed by atoms with Crippen LogP contribution in [0.15, 0.2) is 4.99 Å². The second kappa shape index (κ2) is 7.01. The van der Waals surface area contributed by atoms with E-state index in [1.807, 2.05) is 11.8 Å². The summed E-state index contributed by atoms with van der Waals surface area (Å²) in [4.78, 5) is 23.9. The summed E-state index contributed by atoms with van der Waals surface area (Å²) in [6, 6.07) is 0.445. The van der Waals surface area contributed by atoms with Crippen molar-refractivity contribution < 1.29 is 4.79 Å². The number of thioether (sulfide) groups is 1. The van der Waals surface area contributed by atoms with Crippen molar-refractivity contribution in [1.29, 1.82) is 0 Å². The molecule has 0 bridgehead atoms. The van der Waals surface area contributed by atoms with Crippen LogP contribution in [0.2, 0.25) is 0 Å². The summed E-state index contributed by atoms with van der Waals surface area (Å²) in [5, 5.41) is 1.22. The molecule has 3 aliphatic rings. The van der Waals surface area contributed by atoms with Gasteiger partial charge in [-0.3, -0.25) is 14.7 Å². The molecule has 5 nitrogen and oxygen atoms in total. The van der Waals surface area contributed by atoms with Gasteiger partial charge in [-0.05, 0) is 33.6 Å². The maximum absolute atomic E-state index is 12.3. The first kappa shape index (κ1) is 17.1. The molecule has 3 rings (SSSR count). The first-order valence-electron chi connectivity index (χ1n) is 8.95. The number of carbonyl (C=O) groups excluding carboxylic acids is 1. The largest absolute Gasteiger partial charge is 0.349 e. The zero-order valence-corrected chi connectivity index (χ0v) is 15.6. The molecular weight excluding hydrogens is 308 g/mol. The molecule has 0 aromatic heterocycles. The van der Waals surface area contributed by atoms with Crippen molar-refractivity contribution in [2.75, 3.05) is 45.8 Å². The van der Waals surface area contributed by atoms with E-state index in [1.165, 1.54) is 18.0 Å². The monoisotopic (exact) mass is 338 g/mol. The van der Waals surface area contributed by atoms with Crippen LogP contribution in [0.3, 0.4) is 0 Å². The summed E-state index contributed by atoms with van der Waals surface area (Å²) in [5.41, 5.74) is 0. The summed E-state index contributed by atoms with van der Waals surface area (Å²) in [6.45, 7) is 13.6. The smallest absolute Gasteiger partial charge is 0.224 e. The predicted octanol–water partition coefficient (Wildman–Crippen LogP) is 1.89. The van der Waals surface area contributed by atoms with E-state index in [9.17, 15) is 4.79 Å². The van der Waals surface area contributed by atoms with Crippen molar-refractivity contribution in [1.82, 2.24) is 14.7 Å². The topological polar surface area (TPSA) is 39.2 Å². The van der Waals surface area contributed by atoms with Gasteiger partial charge in [0.15, 0.2) is 5.17 Å². The predicted molar refractivity (Wildman–Crippen MR) is 97.0 cm³/mol. The molecule has 0 unspecified atom stereocenters. The Morgan fingerprint density at radius 2 is 2.00 bits per heavy atom. The minimum Gasteiger partial charge on any atom is -0.349 e. The molecule has 23 heavy (non-hydrogen) atoms. The second-order valence-corrected chi connectivity index (χ2v) is 9.29. The Balaban J connectivity index is 1.39. The SMILES string of the molecule is C[C@@H]1CCCN1C(=O)CCN1CCN(C2=NCC(C)(C)S2)CC1. The van der Waals surface area contributed by atoms with Crippen molar-refractivity contribution >= 4 is 22.8 Å². The molecule has 2 saturated heterocycles. The third-order valence-corrected chi connectivity index (χ3v) is 6.37. The van der Waals surface area contributed by atoms with Gasteiger partial charge in [0, 0.05) is 56.5 Å². The quantitative estimate of drug-likeness (QED) is 0.788. The molecule has 6 heteroatoms. The molecule has 0 aromatic carbocycles. The van der Waals surface area contributed by atoms with Gasteiger partial charge in [-0.1, -0.05) is 11.8 Å². The van der Waals surface area contributed by atoms with E-state index in [0.717, 1.165) is 45.8 Å². The van der Waals surface area contributed by atoms with Crippen LogP contribution >= 0.6 is 11.8 Å². The fourth-order valence-electron chi connectivity index (χ4n) is 3.60. The number of amidine groups is 1. The van der Waals surface area contributed by atoms with Crippen LogP contribution in [0, 0.1) is 0 Å². The molecule has 0 N–H and O–H groups in total. The summed E-state index contributed by atoms with van der Waals surface area (Å²) < 4.78 is 0.255. The number of hydrogen-bond donors (Lipinski definition) is 0. The number of amides is 1. The van der Waals surface area contributed by atoms with Crippen LogP contribution in [-0.4, -0.2) is 82.4 Å². The normalized spacial score (nSPS) is 28.3. The third kappa shape index (κ3) is 4.21. The maximum atomic E-state index is 12.3. The molecule has 0 aromatic rings. The minimum absolute atomic E-state index is 0.255. The number of likely N-dealkylation sites (tertiary alicyclic amines) is 1. The van der Waals surface area contributed by atoms with Gasteiger partial charge < -0.3 is 9.80 Å². The molecule has 0 aliphatic carbocycles. The fourth-order valence-corrected chi connectivity index (χ4v) is 4.66. The Labute approximate surface area is 144 Å². The Kier molecular flexibility index (Phi) is 5.21. The Hall–Kier alpha value is -0.750. The van der Waals surface area contributed by atoms with Crippen LogP contribution in [-0.2, 0) is 4.79 Å². The molecule has 0 radical (unpaired) electrons. The van der Waals surface area contributed by atoms with Gasteiger partial charge >= 0.3 is 0 Å². The van der Waals surface area contributed by atoms with Crippen LogP contribution in [0.4, 0.5) is 0 Å². The van der Waals surface area contributed by atoms with E-state index >= 15 is 0 Å². The van der Waals surface area contributed by atoms with Crippen molar-refractivity contribution in [3.8, 4) is 0 Å². The number of carbonyl (C=O) groups is 1. The van der Waals surface area contributed by atoms with Crippen molar-refractivity contribution in [2.24, 2.45) is 4.99 Å². The highest BCUT2D eigenvalue weighted by Gasteiger charge is 2.32. The lowest BCUT2D eigenvalue weighted by Crippen LogP contribution is -2.48. The van der Waals surface area contributed by atoms with E-state index in [4.69, 9.17) is 4.99 Å². The zero-order valence-electron chi connectivity index (χ0n) is 14.8. The van der Waals surface area contributed by atoms with E-state index < -0.39 is 0 Å². The van der Waals surface area contributed by atoms with Gasteiger partial charge in [0.25, 0.3) is 0 Å². The summed E-state index contributed by atoms with van der Waals surface area (Å²) >= 11 is 1.91. The molecule has 130 valence electrons. The van der Waals surface area contributed by atoms with Gasteiger partial charge in [0.2, 0.25) is 5.91 Å². The first-order chi connectivity index (χ1) is 10.9. The Morgan fingerprint density at radius 3 is 2.57 bits per heavy atom. The summed E-state index contributed by atoms with van der Waals surface area (Å²) in [5.74, 6) is 0.343. The lowest BCUT2D eigenvalue weighted by Gasteiger charge is -2.36. The average molecular weight is 339 g/mol. The van der Waals surface area contributed by atoms with Gasteiger partial charge in [-0.2, -0.15) is 0 Å². The van der Waals surface area contributed by atoms with E-state index in [2.05, 4.69) is 35.5 Å². The van der Waals surface area contributed by atoms with Gasteiger partial charge in [-0.25, -0.2) is 0 Å². The van der Waals surface area contributed by atoms with Crippen LogP contribution in [0.5, 0.6) is 0 Å². The molecule has 0 saturated carbocycles. The van der Waals surface area contributed by atoms with Gasteiger partial charge in [0.1, 0.15) is 0 Å². The van der Waals surface area contributed by atoms with Crippen LogP contribution in [0.25, 0.3) is 0 Å². The molecule has 1 atom stereocenters. The summed E-state index contributed by atoms with van der Waals surface area (Å²) in [6.07, 6.45) is 3.01. The highest BCUT2D eigenvalue weighted by molar-refractivity contribution is 8.15. The molecule has 3 heterocycles. The molecular formula is C17H30N4OS. The van der Waals surface area contributed by atoms with Crippen molar-refractivity contribution in [3.63, 3.8) is 0 Å². The average Bonchev–Trinajstić information content (AvgIpc) is 3.11. The highest BCUT2D eigenvalue weighted by atomic mass is 32.2. The highest BCUT2D eigenvalue weighted by Crippen LogP contribution is 2.33. The molecule has 0 spiro atoms. The third-order valence-electron chi connectivity index (χ3n) is 5.12. The van der Waals surface area contributed by atoms with E-state index in [0.29, 0.717) is 18.4 Å².